The maximum atomic E-state index is 12.6. The van der Waals surface area contributed by atoms with E-state index < -0.39 is 11.9 Å². The zero-order chi connectivity index (χ0) is 31.4. The van der Waals surface area contributed by atoms with Crippen molar-refractivity contribution in [3.63, 3.8) is 0 Å². The molecule has 1 N–H and O–H groups in total. The van der Waals surface area contributed by atoms with Gasteiger partial charge in [-0.2, -0.15) is 0 Å². The average Bonchev–Trinajstić information content (AvgIpc) is 3.00. The highest BCUT2D eigenvalue weighted by atomic mass is 16.5. The van der Waals surface area contributed by atoms with Crippen LogP contribution in [0, 0.1) is 0 Å². The van der Waals surface area contributed by atoms with Crippen LogP contribution in [0.5, 0.6) is 11.5 Å². The first kappa shape index (κ1) is 33.5. The predicted molar refractivity (Wildman–Crippen MR) is 175 cm³/mol. The van der Waals surface area contributed by atoms with Crippen molar-refractivity contribution in [2.24, 2.45) is 0 Å². The average molecular weight is 583 g/mol. The maximum Gasteiger partial charge on any atom is 0.338 e. The lowest BCUT2D eigenvalue weighted by Crippen LogP contribution is -2.12. The predicted octanol–water partition coefficient (Wildman–Crippen LogP) is 8.32. The van der Waals surface area contributed by atoms with Crippen molar-refractivity contribution in [1.29, 1.82) is 0 Å². The van der Waals surface area contributed by atoms with E-state index in [9.17, 15) is 14.7 Å². The fourth-order valence-corrected chi connectivity index (χ4v) is 4.93. The molecule has 5 heteroatoms. The number of rotatable bonds is 16. The Morgan fingerprint density at radius 1 is 0.651 bits per heavy atom. The molecule has 3 rings (SSSR count). The summed E-state index contributed by atoms with van der Waals surface area (Å²) in [6.07, 6.45) is 8.38. The Morgan fingerprint density at radius 2 is 1.23 bits per heavy atom. The van der Waals surface area contributed by atoms with Gasteiger partial charge in [-0.05, 0) is 104 Å². The second-order valence-electron chi connectivity index (χ2n) is 11.2. The zero-order valence-electron chi connectivity index (χ0n) is 26.3. The van der Waals surface area contributed by atoms with Crippen molar-refractivity contribution >= 4 is 11.9 Å². The molecule has 0 unspecified atom stereocenters. The first-order valence-electron chi connectivity index (χ1n) is 15.4. The normalized spacial score (nSPS) is 10.8. The summed E-state index contributed by atoms with van der Waals surface area (Å²) in [5.41, 5.74) is 7.79. The van der Waals surface area contributed by atoms with Gasteiger partial charge >= 0.3 is 11.9 Å². The van der Waals surface area contributed by atoms with Gasteiger partial charge in [0.05, 0.1) is 0 Å². The molecule has 0 aromatic heterocycles. The van der Waals surface area contributed by atoms with Crippen molar-refractivity contribution < 1.29 is 24.2 Å². The molecule has 0 fully saturated rings. The van der Waals surface area contributed by atoms with Crippen molar-refractivity contribution in [2.75, 3.05) is 6.61 Å². The molecule has 0 radical (unpaired) electrons. The summed E-state index contributed by atoms with van der Waals surface area (Å²) in [5, 5.41) is 9.45. The number of unbranched alkanes of at least 4 members (excludes halogenated alkanes) is 2. The Balaban J connectivity index is 1.96. The van der Waals surface area contributed by atoms with Crippen LogP contribution in [-0.4, -0.2) is 23.7 Å². The second-order valence-corrected chi connectivity index (χ2v) is 11.2. The van der Waals surface area contributed by atoms with Crippen LogP contribution in [-0.2, 0) is 41.7 Å². The van der Waals surface area contributed by atoms with E-state index in [0.29, 0.717) is 35.5 Å². The lowest BCUT2D eigenvalue weighted by atomic mass is 9.92. The highest BCUT2D eigenvalue weighted by Gasteiger charge is 2.20. The van der Waals surface area contributed by atoms with E-state index >= 15 is 0 Å². The molecule has 228 valence electrons. The maximum absolute atomic E-state index is 12.6. The van der Waals surface area contributed by atoms with Gasteiger partial charge in [0.25, 0.3) is 0 Å². The Morgan fingerprint density at radius 3 is 1.81 bits per heavy atom. The standard InChI is InChI=1S/C38H46O5/c1-7-9-10-12-28-14-16-29(17-15-28)18-19-30-20-21-33(31(8-2)23-30)34-25-35(42-37(40)26(3)4)32(13-11-22-39)24-36(34)43-38(41)27(5)6/h14-17,20-21,23-25,39H,3,5,7-13,18-19,22H2,1-2,4,6H3. The number of carbonyl (C=O) groups is 2. The van der Waals surface area contributed by atoms with Gasteiger partial charge in [0.1, 0.15) is 11.5 Å². The van der Waals surface area contributed by atoms with E-state index in [4.69, 9.17) is 9.47 Å². The lowest BCUT2D eigenvalue weighted by Gasteiger charge is -2.19. The van der Waals surface area contributed by atoms with Gasteiger partial charge in [0.15, 0.2) is 0 Å². The minimum Gasteiger partial charge on any atom is -0.423 e. The zero-order valence-corrected chi connectivity index (χ0v) is 26.3. The van der Waals surface area contributed by atoms with Crippen molar-refractivity contribution in [1.82, 2.24) is 0 Å². The third-order valence-corrected chi connectivity index (χ3v) is 7.50. The van der Waals surface area contributed by atoms with Crippen molar-refractivity contribution in [3.05, 3.63) is 107 Å². The van der Waals surface area contributed by atoms with E-state index in [0.717, 1.165) is 36.8 Å². The topological polar surface area (TPSA) is 72.8 Å². The number of ether oxygens (including phenoxy) is 2. The molecule has 3 aromatic carbocycles. The number of hydrogen-bond acceptors (Lipinski definition) is 5. The van der Waals surface area contributed by atoms with Gasteiger partial charge in [0.2, 0.25) is 0 Å². The summed E-state index contributed by atoms with van der Waals surface area (Å²) in [4.78, 5) is 25.1. The highest BCUT2D eigenvalue weighted by Crippen LogP contribution is 2.39. The van der Waals surface area contributed by atoms with Crippen LogP contribution in [0.2, 0.25) is 0 Å². The summed E-state index contributed by atoms with van der Waals surface area (Å²) < 4.78 is 11.5. The smallest absolute Gasteiger partial charge is 0.338 e. The molecule has 0 aliphatic heterocycles. The fourth-order valence-electron chi connectivity index (χ4n) is 4.93. The molecule has 0 amide bonds. The molecule has 5 nitrogen and oxygen atoms in total. The van der Waals surface area contributed by atoms with Crippen molar-refractivity contribution in [2.45, 2.75) is 85.5 Å². The first-order chi connectivity index (χ1) is 20.7. The van der Waals surface area contributed by atoms with Gasteiger partial charge in [-0.1, -0.05) is 82.3 Å². The number of carbonyl (C=O) groups excluding carboxylic acids is 2. The molecule has 0 atom stereocenters. The van der Waals surface area contributed by atoms with Crippen molar-refractivity contribution in [3.8, 4) is 22.6 Å². The summed E-state index contributed by atoms with van der Waals surface area (Å²) in [6, 6.07) is 18.8. The molecule has 0 heterocycles. The SMILES string of the molecule is C=C(C)C(=O)Oc1cc(-c2ccc(CCc3ccc(CCCCC)cc3)cc2CC)c(OC(=O)C(=C)C)cc1CCCO. The summed E-state index contributed by atoms with van der Waals surface area (Å²) >= 11 is 0. The monoisotopic (exact) mass is 582 g/mol. The quantitative estimate of drug-likeness (QED) is 0.0796. The Kier molecular flexibility index (Phi) is 13.0. The molecule has 43 heavy (non-hydrogen) atoms. The molecule has 3 aromatic rings. The van der Waals surface area contributed by atoms with E-state index in [2.05, 4.69) is 69.5 Å². The third kappa shape index (κ3) is 9.79. The number of aryl methyl sites for hydroxylation is 5. The summed E-state index contributed by atoms with van der Waals surface area (Å²) in [6.45, 7) is 14.9. The van der Waals surface area contributed by atoms with Crippen LogP contribution >= 0.6 is 0 Å². The number of aliphatic hydroxyl groups excluding tert-OH is 1. The van der Waals surface area contributed by atoms with Crippen LogP contribution in [0.15, 0.2) is 78.9 Å². The summed E-state index contributed by atoms with van der Waals surface area (Å²) in [7, 11) is 0. The van der Waals surface area contributed by atoms with E-state index in [1.807, 2.05) is 0 Å². The second kappa shape index (κ2) is 16.6. The van der Waals surface area contributed by atoms with Gasteiger partial charge in [-0.3, -0.25) is 0 Å². The number of esters is 2. The number of benzene rings is 3. The van der Waals surface area contributed by atoms with E-state index in [1.165, 1.54) is 36.0 Å². The Hall–Kier alpha value is -3.96. The fraction of sp³-hybridized carbons (Fsp3) is 0.368. The molecular weight excluding hydrogens is 536 g/mol. The highest BCUT2D eigenvalue weighted by molar-refractivity contribution is 5.92. The molecule has 0 saturated carbocycles. The van der Waals surface area contributed by atoms with E-state index in [1.54, 1.807) is 26.0 Å². The minimum absolute atomic E-state index is 0.0267. The van der Waals surface area contributed by atoms with Gasteiger partial charge in [0, 0.05) is 23.3 Å². The van der Waals surface area contributed by atoms with E-state index in [-0.39, 0.29) is 17.8 Å². The summed E-state index contributed by atoms with van der Waals surface area (Å²) in [5.74, 6) is -0.358. The molecular formula is C38H46O5. The number of hydrogen-bond donors (Lipinski definition) is 1. The van der Waals surface area contributed by atoms with Gasteiger partial charge in [-0.15, -0.1) is 0 Å². The van der Waals surface area contributed by atoms with Crippen LogP contribution in [0.4, 0.5) is 0 Å². The van der Waals surface area contributed by atoms with Crippen LogP contribution in [0.3, 0.4) is 0 Å². The number of aliphatic hydroxyl groups is 1. The third-order valence-electron chi connectivity index (χ3n) is 7.50. The molecule has 0 aliphatic rings. The van der Waals surface area contributed by atoms with Crippen LogP contribution in [0.1, 0.15) is 81.2 Å². The van der Waals surface area contributed by atoms with Gasteiger partial charge in [-0.25, -0.2) is 9.59 Å². The first-order valence-corrected chi connectivity index (χ1v) is 15.4. The van der Waals surface area contributed by atoms with Crippen LogP contribution < -0.4 is 9.47 Å². The molecule has 0 saturated heterocycles. The largest absolute Gasteiger partial charge is 0.423 e. The van der Waals surface area contributed by atoms with Gasteiger partial charge < -0.3 is 14.6 Å². The molecule has 0 bridgehead atoms. The Labute approximate surface area is 257 Å². The lowest BCUT2D eigenvalue weighted by molar-refractivity contribution is -0.131. The molecule has 0 spiro atoms. The molecule has 0 aliphatic carbocycles. The Bertz CT molecular complexity index is 1430. The minimum atomic E-state index is -0.539. The van der Waals surface area contributed by atoms with Crippen LogP contribution in [0.25, 0.3) is 11.1 Å².